The predicted molar refractivity (Wildman–Crippen MR) is 62.6 cm³/mol. The second kappa shape index (κ2) is 4.35. The molecule has 0 aromatic heterocycles. The van der Waals surface area contributed by atoms with Crippen molar-refractivity contribution >= 4 is 18.0 Å². The minimum absolute atomic E-state index is 0.203. The van der Waals surface area contributed by atoms with E-state index in [9.17, 15) is 19.5 Å². The number of rotatable bonds is 1. The number of hydrogen-bond acceptors (Lipinski definition) is 4. The van der Waals surface area contributed by atoms with Crippen LogP contribution in [0.3, 0.4) is 0 Å². The van der Waals surface area contributed by atoms with Gasteiger partial charge in [0.05, 0.1) is 13.0 Å². The summed E-state index contributed by atoms with van der Waals surface area (Å²) in [6.45, 7) is 6.58. The van der Waals surface area contributed by atoms with Gasteiger partial charge in [-0.25, -0.2) is 9.59 Å². The summed E-state index contributed by atoms with van der Waals surface area (Å²) in [7, 11) is 1.20. The zero-order chi connectivity index (χ0) is 14.3. The number of methoxy groups -OCH3 is 1. The fourth-order valence-electron chi connectivity index (χ4n) is 2.80. The Kier molecular flexibility index (Phi) is 3.53. The zero-order valence-electron chi connectivity index (χ0n) is 11.4. The van der Waals surface area contributed by atoms with Crippen LogP contribution in [-0.2, 0) is 14.3 Å². The molecule has 0 radical (unpaired) electrons. The molecule has 1 aliphatic rings. The Morgan fingerprint density at radius 3 is 2.22 bits per heavy atom. The van der Waals surface area contributed by atoms with Gasteiger partial charge >= 0.3 is 18.0 Å². The first-order valence-corrected chi connectivity index (χ1v) is 5.85. The van der Waals surface area contributed by atoms with Gasteiger partial charge in [0.1, 0.15) is 5.54 Å². The maximum absolute atomic E-state index is 12.3. The van der Waals surface area contributed by atoms with Gasteiger partial charge in [0.25, 0.3) is 0 Å². The van der Waals surface area contributed by atoms with Crippen LogP contribution in [0.1, 0.15) is 34.1 Å². The molecule has 1 rings (SSSR count). The number of imide groups is 1. The Bertz CT molecular complexity index is 398. The number of quaternary nitrogens is 1. The van der Waals surface area contributed by atoms with E-state index in [0.29, 0.717) is 0 Å². The number of ether oxygens (including phenoxy) is 1. The van der Waals surface area contributed by atoms with E-state index in [1.807, 2.05) is 0 Å². The average molecular weight is 258 g/mol. The fourth-order valence-corrected chi connectivity index (χ4v) is 2.80. The van der Waals surface area contributed by atoms with Gasteiger partial charge in [-0.3, -0.25) is 0 Å². The lowest BCUT2D eigenvalue weighted by Crippen LogP contribution is -2.70. The SMILES string of the molecule is COC(=O)[C@@H]1C[C@@H](C)C(=O)[N+]1(C(=O)O)C(C)(C)C. The van der Waals surface area contributed by atoms with E-state index < -0.39 is 40.0 Å². The molecule has 102 valence electrons. The van der Waals surface area contributed by atoms with Crippen LogP contribution in [0.15, 0.2) is 0 Å². The van der Waals surface area contributed by atoms with Crippen LogP contribution in [0.4, 0.5) is 4.79 Å². The minimum atomic E-state index is -1.30. The molecule has 6 nitrogen and oxygen atoms in total. The lowest BCUT2D eigenvalue weighted by Gasteiger charge is -2.41. The number of carboxylic acid groups (broad SMARTS) is 1. The summed E-state index contributed by atoms with van der Waals surface area (Å²) in [6.07, 6.45) is -1.10. The van der Waals surface area contributed by atoms with Gasteiger partial charge in [0, 0.05) is 6.42 Å². The molecule has 0 spiro atoms. The Balaban J connectivity index is 3.47. The molecular weight excluding hydrogens is 238 g/mol. The number of esters is 1. The summed E-state index contributed by atoms with van der Waals surface area (Å²) in [5.41, 5.74) is -0.910. The third-order valence-corrected chi connectivity index (χ3v) is 3.65. The summed E-state index contributed by atoms with van der Waals surface area (Å²) in [5, 5.41) is 9.55. The van der Waals surface area contributed by atoms with Crippen LogP contribution in [0, 0.1) is 5.92 Å². The normalized spacial score (nSPS) is 32.4. The largest absolute Gasteiger partial charge is 0.522 e. The fraction of sp³-hybridized carbons (Fsp3) is 0.750. The lowest BCUT2D eigenvalue weighted by atomic mass is 9.99. The highest BCUT2D eigenvalue weighted by molar-refractivity contribution is 5.90. The number of likely N-dealkylation sites (tertiary alicyclic amines) is 1. The van der Waals surface area contributed by atoms with E-state index in [1.54, 1.807) is 27.7 Å². The summed E-state index contributed by atoms with van der Waals surface area (Å²) >= 11 is 0. The van der Waals surface area contributed by atoms with E-state index in [-0.39, 0.29) is 6.42 Å². The number of amides is 2. The molecule has 1 heterocycles. The lowest BCUT2D eigenvalue weighted by molar-refractivity contribution is -0.840. The average Bonchev–Trinajstić information content (AvgIpc) is 2.50. The maximum atomic E-state index is 12.3. The molecule has 3 atom stereocenters. The van der Waals surface area contributed by atoms with Gasteiger partial charge in [0.15, 0.2) is 0 Å². The van der Waals surface area contributed by atoms with E-state index in [1.165, 1.54) is 7.11 Å². The smallest absolute Gasteiger partial charge is 0.465 e. The van der Waals surface area contributed by atoms with E-state index in [4.69, 9.17) is 0 Å². The Morgan fingerprint density at radius 1 is 1.39 bits per heavy atom. The molecule has 1 aliphatic heterocycles. The van der Waals surface area contributed by atoms with Crippen LogP contribution in [0.25, 0.3) is 0 Å². The van der Waals surface area contributed by atoms with Crippen molar-refractivity contribution in [2.45, 2.75) is 45.7 Å². The van der Waals surface area contributed by atoms with Crippen molar-refractivity contribution in [3.05, 3.63) is 0 Å². The Hall–Kier alpha value is -1.43. The standard InChI is InChI=1S/C12H19NO5/c1-7-6-8(10(15)18-5)13(9(7)14,11(16)17)12(2,3)4/h7-8H,6H2,1-5H3/p+1/t7-,8+,13?/m1/s1. The molecule has 0 aliphatic carbocycles. The van der Waals surface area contributed by atoms with Crippen molar-refractivity contribution in [3.8, 4) is 0 Å². The zero-order valence-corrected chi connectivity index (χ0v) is 11.4. The Labute approximate surface area is 106 Å². The summed E-state index contributed by atoms with van der Waals surface area (Å²) in [4.78, 5) is 35.8. The van der Waals surface area contributed by atoms with Crippen molar-refractivity contribution in [1.29, 1.82) is 0 Å². The van der Waals surface area contributed by atoms with Gasteiger partial charge in [-0.05, 0) is 27.7 Å². The van der Waals surface area contributed by atoms with Crippen molar-refractivity contribution in [3.63, 3.8) is 0 Å². The molecule has 0 aromatic rings. The van der Waals surface area contributed by atoms with Crippen LogP contribution in [0.2, 0.25) is 0 Å². The highest BCUT2D eigenvalue weighted by Gasteiger charge is 2.68. The number of hydrogen-bond donors (Lipinski definition) is 1. The molecule has 0 aromatic carbocycles. The molecule has 0 saturated carbocycles. The van der Waals surface area contributed by atoms with Gasteiger partial charge in [0.2, 0.25) is 6.04 Å². The molecule has 6 heteroatoms. The number of nitrogens with zero attached hydrogens (tertiary/aromatic N) is 1. The summed E-state index contributed by atoms with van der Waals surface area (Å²) < 4.78 is 3.77. The Morgan fingerprint density at radius 2 is 1.89 bits per heavy atom. The summed E-state index contributed by atoms with van der Waals surface area (Å²) in [6, 6.07) is -0.977. The van der Waals surface area contributed by atoms with E-state index >= 15 is 0 Å². The molecule has 1 fully saturated rings. The second-order valence-corrected chi connectivity index (χ2v) is 5.69. The van der Waals surface area contributed by atoms with Crippen LogP contribution < -0.4 is 0 Å². The van der Waals surface area contributed by atoms with Gasteiger partial charge in [-0.1, -0.05) is 0 Å². The molecular formula is C12H20NO5+. The molecule has 1 unspecified atom stereocenters. The van der Waals surface area contributed by atoms with Gasteiger partial charge < -0.3 is 9.84 Å². The summed E-state index contributed by atoms with van der Waals surface area (Å²) in [5.74, 6) is -1.56. The molecule has 18 heavy (non-hydrogen) atoms. The quantitative estimate of drug-likeness (QED) is 0.567. The third-order valence-electron chi connectivity index (χ3n) is 3.65. The highest BCUT2D eigenvalue weighted by atomic mass is 16.5. The van der Waals surface area contributed by atoms with Gasteiger partial charge in [-0.15, -0.1) is 4.48 Å². The van der Waals surface area contributed by atoms with Crippen LogP contribution >= 0.6 is 0 Å². The third kappa shape index (κ3) is 1.71. The van der Waals surface area contributed by atoms with Crippen molar-refractivity contribution in [2.75, 3.05) is 7.11 Å². The van der Waals surface area contributed by atoms with E-state index in [0.717, 1.165) is 0 Å². The molecule has 0 bridgehead atoms. The first kappa shape index (κ1) is 14.6. The van der Waals surface area contributed by atoms with Crippen LogP contribution in [-0.4, -0.2) is 46.2 Å². The topological polar surface area (TPSA) is 80.7 Å². The highest BCUT2D eigenvalue weighted by Crippen LogP contribution is 2.41. The molecule has 2 amide bonds. The monoisotopic (exact) mass is 258 g/mol. The van der Waals surface area contributed by atoms with Crippen molar-refractivity contribution < 1.29 is 28.7 Å². The number of carbonyl (C=O) groups is 3. The molecule has 1 N–H and O–H groups in total. The minimum Gasteiger partial charge on any atom is -0.465 e. The van der Waals surface area contributed by atoms with Gasteiger partial charge in [-0.2, -0.15) is 4.79 Å². The van der Waals surface area contributed by atoms with Crippen molar-refractivity contribution in [1.82, 2.24) is 0 Å². The number of carbonyl (C=O) groups excluding carboxylic acids is 2. The first-order chi connectivity index (χ1) is 8.10. The van der Waals surface area contributed by atoms with E-state index in [2.05, 4.69) is 4.74 Å². The molecule has 1 saturated heterocycles. The maximum Gasteiger partial charge on any atom is 0.522 e. The second-order valence-electron chi connectivity index (χ2n) is 5.69. The predicted octanol–water partition coefficient (Wildman–Crippen LogP) is 1.39. The van der Waals surface area contributed by atoms with Crippen molar-refractivity contribution in [2.24, 2.45) is 5.92 Å². The first-order valence-electron chi connectivity index (χ1n) is 5.85. The van der Waals surface area contributed by atoms with Crippen LogP contribution in [0.5, 0.6) is 0 Å².